The highest BCUT2D eigenvalue weighted by Crippen LogP contribution is 2.30. The molecule has 0 aromatic carbocycles. The van der Waals surface area contributed by atoms with Crippen molar-refractivity contribution in [3.05, 3.63) is 11.9 Å². The molecule has 5 heteroatoms. The second kappa shape index (κ2) is 4.72. The number of fused-ring (bicyclic) bond motifs is 1. The van der Waals surface area contributed by atoms with Gasteiger partial charge in [0.2, 0.25) is 0 Å². The van der Waals surface area contributed by atoms with E-state index in [1.165, 1.54) is 32.4 Å². The third-order valence-electron chi connectivity index (χ3n) is 4.26. The van der Waals surface area contributed by atoms with E-state index < -0.39 is 0 Å². The molecule has 2 atom stereocenters. The number of nitrogens with one attached hydrogen (secondary N) is 1. The normalized spacial score (nSPS) is 27.4. The number of rotatable bonds is 3. The summed E-state index contributed by atoms with van der Waals surface area (Å²) in [7, 11) is 0. The lowest BCUT2D eigenvalue weighted by Gasteiger charge is -2.23. The second-order valence-corrected chi connectivity index (χ2v) is 5.22. The number of nitrogens with zero attached hydrogens (tertiary/aromatic N) is 3. The first-order valence-electron chi connectivity index (χ1n) is 6.89. The fourth-order valence-electron chi connectivity index (χ4n) is 3.33. The van der Waals surface area contributed by atoms with Crippen LogP contribution in [0, 0.1) is 0 Å². The fraction of sp³-hybridized carbons (Fsp3) is 0.692. The topological polar surface area (TPSA) is 67.1 Å². The summed E-state index contributed by atoms with van der Waals surface area (Å²) in [4.78, 5) is 11.0. The van der Waals surface area contributed by atoms with Crippen molar-refractivity contribution in [3.63, 3.8) is 0 Å². The van der Waals surface area contributed by atoms with Gasteiger partial charge in [0, 0.05) is 24.2 Å². The minimum Gasteiger partial charge on any atom is -0.383 e. The van der Waals surface area contributed by atoms with E-state index in [2.05, 4.69) is 27.1 Å². The van der Waals surface area contributed by atoms with E-state index in [4.69, 9.17) is 5.73 Å². The summed E-state index contributed by atoms with van der Waals surface area (Å²) in [5, 5.41) is 3.60. The van der Waals surface area contributed by atoms with Crippen molar-refractivity contribution in [3.8, 4) is 0 Å². The van der Waals surface area contributed by atoms with Gasteiger partial charge in [0.25, 0.3) is 0 Å². The number of nitrogen functional groups attached to an aromatic ring is 1. The molecule has 2 aliphatic rings. The van der Waals surface area contributed by atoms with Gasteiger partial charge in [-0.1, -0.05) is 6.92 Å². The van der Waals surface area contributed by atoms with Crippen molar-refractivity contribution in [2.24, 2.45) is 0 Å². The van der Waals surface area contributed by atoms with E-state index in [1.54, 1.807) is 6.33 Å². The molecule has 2 aliphatic heterocycles. The number of hydrogen-bond acceptors (Lipinski definition) is 5. The van der Waals surface area contributed by atoms with Crippen LogP contribution in [0.4, 0.5) is 11.6 Å². The predicted molar refractivity (Wildman–Crippen MR) is 72.4 cm³/mol. The molecule has 0 radical (unpaired) electrons. The minimum absolute atomic E-state index is 0.520. The van der Waals surface area contributed by atoms with Crippen molar-refractivity contribution in [1.29, 1.82) is 0 Å². The highest BCUT2D eigenvalue weighted by Gasteiger charge is 2.37. The smallest absolute Gasteiger partial charge is 0.134 e. The highest BCUT2D eigenvalue weighted by atomic mass is 15.2. The van der Waals surface area contributed by atoms with Crippen molar-refractivity contribution >= 4 is 11.6 Å². The van der Waals surface area contributed by atoms with Crippen LogP contribution in [0.25, 0.3) is 0 Å². The summed E-state index contributed by atoms with van der Waals surface area (Å²) in [6, 6.07) is 1.21. The van der Waals surface area contributed by atoms with Crippen molar-refractivity contribution < 1.29 is 0 Å². The molecule has 1 aromatic heterocycles. The van der Waals surface area contributed by atoms with Gasteiger partial charge >= 0.3 is 0 Å². The molecule has 3 rings (SSSR count). The van der Waals surface area contributed by atoms with Gasteiger partial charge < -0.3 is 11.1 Å². The molecule has 3 heterocycles. The van der Waals surface area contributed by atoms with E-state index in [0.29, 0.717) is 17.9 Å². The van der Waals surface area contributed by atoms with E-state index in [1.807, 2.05) is 0 Å². The lowest BCUT2D eigenvalue weighted by Crippen LogP contribution is -2.34. The molecule has 0 amide bonds. The Morgan fingerprint density at radius 1 is 1.39 bits per heavy atom. The van der Waals surface area contributed by atoms with Gasteiger partial charge in [0.15, 0.2) is 0 Å². The van der Waals surface area contributed by atoms with Crippen LogP contribution in [0.1, 0.15) is 31.7 Å². The molecular weight excluding hydrogens is 226 g/mol. The first-order valence-corrected chi connectivity index (χ1v) is 6.89. The SMILES string of the molecule is CCc1c(N)ncnc1NC1CCN2CCCC12. The van der Waals surface area contributed by atoms with Crippen molar-refractivity contribution in [2.75, 3.05) is 24.1 Å². The molecule has 0 saturated carbocycles. The largest absolute Gasteiger partial charge is 0.383 e. The summed E-state index contributed by atoms with van der Waals surface area (Å²) in [6.07, 6.45) is 6.26. The average molecular weight is 247 g/mol. The summed E-state index contributed by atoms with van der Waals surface area (Å²) in [5.74, 6) is 1.54. The molecule has 0 aliphatic carbocycles. The van der Waals surface area contributed by atoms with Crippen LogP contribution < -0.4 is 11.1 Å². The first-order chi connectivity index (χ1) is 8.79. The Kier molecular flexibility index (Phi) is 3.07. The van der Waals surface area contributed by atoms with Gasteiger partial charge in [-0.3, -0.25) is 4.90 Å². The molecular formula is C13H21N5. The van der Waals surface area contributed by atoms with E-state index in [9.17, 15) is 0 Å². The Morgan fingerprint density at radius 2 is 2.28 bits per heavy atom. The lowest BCUT2D eigenvalue weighted by atomic mass is 10.1. The molecule has 2 unspecified atom stereocenters. The maximum atomic E-state index is 5.91. The Bertz CT molecular complexity index is 433. The zero-order chi connectivity index (χ0) is 12.5. The van der Waals surface area contributed by atoms with E-state index >= 15 is 0 Å². The molecule has 5 nitrogen and oxygen atoms in total. The van der Waals surface area contributed by atoms with E-state index in [0.717, 1.165) is 17.8 Å². The Morgan fingerprint density at radius 3 is 3.11 bits per heavy atom. The van der Waals surface area contributed by atoms with Gasteiger partial charge in [-0.2, -0.15) is 0 Å². The van der Waals surface area contributed by atoms with Crippen LogP contribution in [0.15, 0.2) is 6.33 Å². The fourth-order valence-corrected chi connectivity index (χ4v) is 3.33. The van der Waals surface area contributed by atoms with Crippen LogP contribution in [-0.2, 0) is 6.42 Å². The van der Waals surface area contributed by atoms with Crippen LogP contribution in [0.2, 0.25) is 0 Å². The van der Waals surface area contributed by atoms with Crippen molar-refractivity contribution in [1.82, 2.24) is 14.9 Å². The monoisotopic (exact) mass is 247 g/mol. The van der Waals surface area contributed by atoms with Crippen LogP contribution in [0.3, 0.4) is 0 Å². The number of anilines is 2. The molecule has 0 bridgehead atoms. The summed E-state index contributed by atoms with van der Waals surface area (Å²) in [6.45, 7) is 4.57. The standard InChI is InChI=1S/C13H21N5/c1-2-9-12(14)15-8-16-13(9)17-10-5-7-18-6-3-4-11(10)18/h8,10-11H,2-7H2,1H3,(H3,14,15,16,17). The van der Waals surface area contributed by atoms with Crippen LogP contribution in [-0.4, -0.2) is 40.0 Å². The number of nitrogens with two attached hydrogens (primary N) is 1. The second-order valence-electron chi connectivity index (χ2n) is 5.22. The molecule has 0 spiro atoms. The number of hydrogen-bond donors (Lipinski definition) is 2. The highest BCUT2D eigenvalue weighted by molar-refractivity contribution is 5.55. The molecule has 1 aromatic rings. The van der Waals surface area contributed by atoms with Crippen LogP contribution in [0.5, 0.6) is 0 Å². The third kappa shape index (κ3) is 1.92. The van der Waals surface area contributed by atoms with Gasteiger partial charge in [0.05, 0.1) is 0 Å². The molecule has 18 heavy (non-hydrogen) atoms. The maximum absolute atomic E-state index is 5.91. The quantitative estimate of drug-likeness (QED) is 0.842. The molecule has 3 N–H and O–H groups in total. The van der Waals surface area contributed by atoms with E-state index in [-0.39, 0.29) is 0 Å². The zero-order valence-electron chi connectivity index (χ0n) is 10.9. The predicted octanol–water partition coefficient (Wildman–Crippen LogP) is 1.27. The van der Waals surface area contributed by atoms with Gasteiger partial charge in [-0.25, -0.2) is 9.97 Å². The Hall–Kier alpha value is -1.36. The van der Waals surface area contributed by atoms with Crippen LogP contribution >= 0.6 is 0 Å². The van der Waals surface area contributed by atoms with Gasteiger partial charge in [0.1, 0.15) is 18.0 Å². The van der Waals surface area contributed by atoms with Crippen molar-refractivity contribution in [2.45, 2.75) is 44.7 Å². The molecule has 98 valence electrons. The Labute approximate surface area is 108 Å². The lowest BCUT2D eigenvalue weighted by molar-refractivity contribution is 0.318. The van der Waals surface area contributed by atoms with Gasteiger partial charge in [-0.15, -0.1) is 0 Å². The number of aromatic nitrogens is 2. The van der Waals surface area contributed by atoms with Gasteiger partial charge in [-0.05, 0) is 32.2 Å². The zero-order valence-corrected chi connectivity index (χ0v) is 10.9. The summed E-state index contributed by atoms with van der Waals surface area (Å²) >= 11 is 0. The average Bonchev–Trinajstić information content (AvgIpc) is 2.94. The molecule has 2 saturated heterocycles. The summed E-state index contributed by atoms with van der Waals surface area (Å²) < 4.78 is 0. The summed E-state index contributed by atoms with van der Waals surface area (Å²) in [5.41, 5.74) is 6.96. The first kappa shape index (κ1) is 11.7. The molecule has 2 fully saturated rings. The third-order valence-corrected chi connectivity index (χ3v) is 4.26. The maximum Gasteiger partial charge on any atom is 0.134 e. The Balaban J connectivity index is 1.78. The minimum atomic E-state index is 0.520.